The van der Waals surface area contributed by atoms with Crippen molar-refractivity contribution in [3.63, 3.8) is 0 Å². The first-order valence-corrected chi connectivity index (χ1v) is 8.74. The number of aromatic nitrogens is 1. The summed E-state index contributed by atoms with van der Waals surface area (Å²) in [6.07, 6.45) is 7.78. The van der Waals surface area contributed by atoms with E-state index in [-0.39, 0.29) is 24.0 Å². The van der Waals surface area contributed by atoms with Crippen LogP contribution in [0.4, 0.5) is 0 Å². The monoisotopic (exact) mass is 348 g/mol. The fraction of sp³-hybridized carbons (Fsp3) is 0.238. The van der Waals surface area contributed by atoms with Gasteiger partial charge < -0.3 is 15.2 Å². The molecule has 1 fully saturated rings. The Hall–Kier alpha value is -2.92. The van der Waals surface area contributed by atoms with E-state index in [1.807, 2.05) is 48.5 Å². The number of amides is 1. The highest BCUT2D eigenvalue weighted by molar-refractivity contribution is 6.01. The summed E-state index contributed by atoms with van der Waals surface area (Å²) < 4.78 is 5.55. The zero-order valence-electron chi connectivity index (χ0n) is 14.2. The van der Waals surface area contributed by atoms with Gasteiger partial charge in [-0.1, -0.05) is 24.3 Å². The third-order valence-corrected chi connectivity index (χ3v) is 4.85. The van der Waals surface area contributed by atoms with Crippen molar-refractivity contribution in [2.75, 3.05) is 0 Å². The molecule has 0 bridgehead atoms. The molecule has 1 amide bonds. The van der Waals surface area contributed by atoms with E-state index in [9.17, 15) is 9.90 Å². The van der Waals surface area contributed by atoms with Crippen LogP contribution in [-0.4, -0.2) is 22.1 Å². The molecular formula is C21H20N2O3. The smallest absolute Gasteiger partial charge is 0.251 e. The summed E-state index contributed by atoms with van der Waals surface area (Å²) in [7, 11) is 0. The third-order valence-electron chi connectivity index (χ3n) is 4.85. The van der Waals surface area contributed by atoms with E-state index in [1.165, 1.54) is 6.26 Å². The van der Waals surface area contributed by atoms with Crippen LogP contribution in [0.15, 0.2) is 66.6 Å². The van der Waals surface area contributed by atoms with E-state index < -0.39 is 0 Å². The average molecular weight is 348 g/mol. The van der Waals surface area contributed by atoms with Gasteiger partial charge in [-0.3, -0.25) is 9.78 Å². The predicted octanol–water partition coefficient (Wildman–Crippen LogP) is 3.00. The highest BCUT2D eigenvalue weighted by Crippen LogP contribution is 2.37. The molecule has 5 heteroatoms. The van der Waals surface area contributed by atoms with Crippen LogP contribution in [-0.2, 0) is 4.79 Å². The molecule has 1 atom stereocenters. The van der Waals surface area contributed by atoms with E-state index in [0.717, 1.165) is 17.0 Å². The predicted molar refractivity (Wildman–Crippen MR) is 98.0 cm³/mol. The molecule has 2 N–H and O–H groups in total. The molecule has 1 aliphatic carbocycles. The molecule has 5 nitrogen and oxygen atoms in total. The first-order chi connectivity index (χ1) is 12.7. The summed E-state index contributed by atoms with van der Waals surface area (Å²) in [4.78, 5) is 17.3. The highest BCUT2D eigenvalue weighted by Gasteiger charge is 2.36. The van der Waals surface area contributed by atoms with Crippen molar-refractivity contribution in [1.29, 1.82) is 0 Å². The molecule has 0 spiro atoms. The van der Waals surface area contributed by atoms with Crippen LogP contribution in [0, 0.1) is 5.92 Å². The van der Waals surface area contributed by atoms with E-state index in [4.69, 9.17) is 4.74 Å². The molecule has 26 heavy (non-hydrogen) atoms. The Labute approximate surface area is 152 Å². The van der Waals surface area contributed by atoms with Crippen molar-refractivity contribution < 1.29 is 14.6 Å². The van der Waals surface area contributed by atoms with Crippen molar-refractivity contribution in [3.8, 4) is 5.75 Å². The molecule has 1 aromatic carbocycles. The van der Waals surface area contributed by atoms with Crippen molar-refractivity contribution in [3.05, 3.63) is 77.8 Å². The average Bonchev–Trinajstić information content (AvgIpc) is 2.87. The number of carbonyl (C=O) groups excluding carboxylic acids is 1. The Bertz CT molecular complexity index is 855. The lowest BCUT2D eigenvalue weighted by Crippen LogP contribution is -2.42. The van der Waals surface area contributed by atoms with E-state index in [0.29, 0.717) is 18.4 Å². The Balaban J connectivity index is 1.58. The van der Waals surface area contributed by atoms with Crippen LogP contribution in [0.25, 0.3) is 6.08 Å². The maximum absolute atomic E-state index is 12.9. The van der Waals surface area contributed by atoms with Crippen LogP contribution in [0.5, 0.6) is 5.75 Å². The number of benzene rings is 1. The Morgan fingerprint density at radius 1 is 1.19 bits per heavy atom. The van der Waals surface area contributed by atoms with Crippen LogP contribution in [0.3, 0.4) is 0 Å². The number of hydrogen-bond donors (Lipinski definition) is 2. The molecule has 132 valence electrons. The molecule has 4 rings (SSSR count). The first kappa shape index (κ1) is 16.5. The number of carbonyl (C=O) groups is 1. The molecule has 0 radical (unpaired) electrons. The van der Waals surface area contributed by atoms with Gasteiger partial charge in [0.2, 0.25) is 0 Å². The lowest BCUT2D eigenvalue weighted by atomic mass is 9.76. The molecule has 2 heterocycles. The lowest BCUT2D eigenvalue weighted by molar-refractivity contribution is -0.119. The summed E-state index contributed by atoms with van der Waals surface area (Å²) in [6, 6.07) is 13.0. The summed E-state index contributed by atoms with van der Waals surface area (Å²) in [6.45, 7) is 0. The molecular weight excluding hydrogens is 328 g/mol. The minimum Gasteiger partial charge on any atom is -0.464 e. The quantitative estimate of drug-likeness (QED) is 0.891. The number of aliphatic hydroxyl groups excluding tert-OH is 1. The zero-order chi connectivity index (χ0) is 17.9. The molecule has 1 aromatic heterocycles. The van der Waals surface area contributed by atoms with Crippen LogP contribution in [0.2, 0.25) is 0 Å². The maximum Gasteiger partial charge on any atom is 0.251 e. The summed E-state index contributed by atoms with van der Waals surface area (Å²) in [5.74, 6) is 0.719. The second kappa shape index (κ2) is 7.14. The molecule has 0 saturated heterocycles. The van der Waals surface area contributed by atoms with Gasteiger partial charge in [-0.05, 0) is 49.1 Å². The van der Waals surface area contributed by atoms with Gasteiger partial charge in [0.25, 0.3) is 5.91 Å². The number of aliphatic hydroxyl groups is 1. The van der Waals surface area contributed by atoms with E-state index >= 15 is 0 Å². The second-order valence-corrected chi connectivity index (χ2v) is 6.65. The Morgan fingerprint density at radius 2 is 2.00 bits per heavy atom. The number of rotatable bonds is 4. The van der Waals surface area contributed by atoms with E-state index in [1.54, 1.807) is 12.3 Å². The normalized spacial score (nSPS) is 22.1. The fourth-order valence-electron chi connectivity index (χ4n) is 3.36. The third kappa shape index (κ3) is 3.39. The van der Waals surface area contributed by atoms with Crippen LogP contribution >= 0.6 is 0 Å². The number of nitrogens with one attached hydrogen (secondary N) is 1. The number of ether oxygens (including phenoxy) is 1. The topological polar surface area (TPSA) is 71.5 Å². The van der Waals surface area contributed by atoms with Crippen molar-refractivity contribution in [1.82, 2.24) is 10.3 Å². The fourth-order valence-corrected chi connectivity index (χ4v) is 3.36. The number of pyridine rings is 1. The van der Waals surface area contributed by atoms with Crippen molar-refractivity contribution in [2.45, 2.75) is 25.0 Å². The van der Waals surface area contributed by atoms with Gasteiger partial charge in [-0.2, -0.15) is 0 Å². The summed E-state index contributed by atoms with van der Waals surface area (Å²) in [5.41, 5.74) is 2.19. The Morgan fingerprint density at radius 3 is 2.77 bits per heavy atom. The van der Waals surface area contributed by atoms with Crippen molar-refractivity contribution >= 4 is 12.0 Å². The maximum atomic E-state index is 12.9. The molecule has 2 aromatic rings. The minimum absolute atomic E-state index is 0.182. The summed E-state index contributed by atoms with van der Waals surface area (Å²) in [5, 5.41) is 12.8. The van der Waals surface area contributed by atoms with Gasteiger partial charge in [-0.15, -0.1) is 0 Å². The highest BCUT2D eigenvalue weighted by atomic mass is 16.5. The van der Waals surface area contributed by atoms with Gasteiger partial charge in [0, 0.05) is 17.3 Å². The largest absolute Gasteiger partial charge is 0.464 e. The van der Waals surface area contributed by atoms with E-state index in [2.05, 4.69) is 10.3 Å². The number of nitrogens with zero attached hydrogens (tertiary/aromatic N) is 1. The lowest BCUT2D eigenvalue weighted by Gasteiger charge is -2.37. The number of hydrogen-bond acceptors (Lipinski definition) is 4. The van der Waals surface area contributed by atoms with Crippen molar-refractivity contribution in [2.24, 2.45) is 5.92 Å². The van der Waals surface area contributed by atoms with Gasteiger partial charge in [0.05, 0.1) is 24.1 Å². The second-order valence-electron chi connectivity index (χ2n) is 6.65. The minimum atomic E-state index is -0.291. The van der Waals surface area contributed by atoms with Crippen LogP contribution < -0.4 is 10.1 Å². The molecule has 1 saturated carbocycles. The van der Waals surface area contributed by atoms with Gasteiger partial charge in [-0.25, -0.2) is 0 Å². The zero-order valence-corrected chi connectivity index (χ0v) is 14.2. The van der Waals surface area contributed by atoms with Crippen LogP contribution in [0.1, 0.15) is 30.1 Å². The number of fused-ring (bicyclic) bond motifs is 1. The first-order valence-electron chi connectivity index (χ1n) is 8.74. The standard InChI is InChI=1S/C21H20N2O3/c24-17-12-16(13-17)20(18-6-3-4-9-22-18)23-21(25)15-8-10-26-19-7-2-1-5-14(19)11-15/h1-11,16-17,20,24H,12-13H2,(H,23,25)/t16?,17?,20-/m1/s1. The summed E-state index contributed by atoms with van der Waals surface area (Å²) >= 11 is 0. The molecule has 0 unspecified atom stereocenters. The number of para-hydroxylation sites is 1. The van der Waals surface area contributed by atoms with Gasteiger partial charge in [0.15, 0.2) is 0 Å². The molecule has 1 aliphatic heterocycles. The van der Waals surface area contributed by atoms with Gasteiger partial charge >= 0.3 is 0 Å². The SMILES string of the molecule is O=C(N[C@@H](c1ccccn1)C1CC(O)C1)C1=Cc2ccccc2OC=C1. The Kier molecular flexibility index (Phi) is 4.54. The molecule has 2 aliphatic rings. The van der Waals surface area contributed by atoms with Gasteiger partial charge in [0.1, 0.15) is 5.75 Å².